The molecule has 4 heterocycles. The van der Waals surface area contributed by atoms with Gasteiger partial charge in [-0.15, -0.1) is 0 Å². The van der Waals surface area contributed by atoms with Gasteiger partial charge in [0, 0.05) is 0 Å². The summed E-state index contributed by atoms with van der Waals surface area (Å²) in [6.07, 6.45) is 0.853. The van der Waals surface area contributed by atoms with Crippen molar-refractivity contribution < 1.29 is 19.7 Å². The first-order valence-electron chi connectivity index (χ1n) is 6.29. The zero-order chi connectivity index (χ0) is 14.8. The highest BCUT2D eigenvalue weighted by Gasteiger charge is 2.66. The van der Waals surface area contributed by atoms with E-state index < -0.39 is 36.5 Å². The molecular weight excluding hydrogens is 280 g/mol. The fraction of sp³-hybridized carbons (Fsp3) is 0.455. The summed E-state index contributed by atoms with van der Waals surface area (Å²) in [6, 6.07) is -0.696. The summed E-state index contributed by atoms with van der Waals surface area (Å²) in [7, 11) is 0. The maximum atomic E-state index is 11.8. The summed E-state index contributed by atoms with van der Waals surface area (Å²) < 4.78 is 7.18. The minimum atomic E-state index is -1.65. The lowest BCUT2D eigenvalue weighted by molar-refractivity contribution is -0.169. The van der Waals surface area contributed by atoms with Gasteiger partial charge in [-0.05, 0) is 0 Å². The largest absolute Gasteiger partial charge is 0.393 e. The Bertz CT molecular complexity index is 747. The molecule has 0 aliphatic carbocycles. The number of aliphatic hydroxyl groups is 2. The Balaban J connectivity index is 1.82. The SMILES string of the molecule is Nc1ncnc2c1ncn2[C@@H]1O[C@@]2(CO)C(=O)N[C@H]1C2O. The van der Waals surface area contributed by atoms with E-state index in [9.17, 15) is 15.0 Å². The van der Waals surface area contributed by atoms with Gasteiger partial charge in [0.1, 0.15) is 24.0 Å². The van der Waals surface area contributed by atoms with Crippen LogP contribution >= 0.6 is 0 Å². The third-order valence-electron chi connectivity index (χ3n) is 4.03. The predicted octanol–water partition coefficient (Wildman–Crippen LogP) is -2.47. The van der Waals surface area contributed by atoms with Gasteiger partial charge < -0.3 is 26.0 Å². The number of hydrogen-bond donors (Lipinski definition) is 4. The maximum Gasteiger partial charge on any atom is 0.258 e. The molecule has 0 spiro atoms. The maximum absolute atomic E-state index is 11.8. The average Bonchev–Trinajstić information content (AvgIpc) is 3.09. The Morgan fingerprint density at radius 3 is 3.00 bits per heavy atom. The molecule has 2 aliphatic heterocycles. The number of nitrogens with one attached hydrogen (secondary N) is 1. The Morgan fingerprint density at radius 1 is 1.48 bits per heavy atom. The second-order valence-electron chi connectivity index (χ2n) is 5.08. The number of nitrogen functional groups attached to an aromatic ring is 1. The highest BCUT2D eigenvalue weighted by atomic mass is 16.6. The van der Waals surface area contributed by atoms with Crippen LogP contribution in [0.15, 0.2) is 12.7 Å². The molecule has 2 fully saturated rings. The number of aliphatic hydroxyl groups excluding tert-OH is 2. The summed E-state index contributed by atoms with van der Waals surface area (Å²) in [4.78, 5) is 23.9. The molecule has 4 rings (SSSR count). The van der Waals surface area contributed by atoms with Gasteiger partial charge in [0.15, 0.2) is 23.3 Å². The van der Waals surface area contributed by atoms with Crippen LogP contribution in [0.3, 0.4) is 0 Å². The molecule has 0 aromatic carbocycles. The van der Waals surface area contributed by atoms with Crippen LogP contribution in [-0.2, 0) is 9.53 Å². The lowest BCUT2D eigenvalue weighted by Crippen LogP contribution is -2.51. The van der Waals surface area contributed by atoms with Gasteiger partial charge in [0.2, 0.25) is 0 Å². The Morgan fingerprint density at radius 2 is 2.29 bits per heavy atom. The minimum Gasteiger partial charge on any atom is -0.393 e. The second-order valence-corrected chi connectivity index (χ2v) is 5.08. The van der Waals surface area contributed by atoms with Crippen LogP contribution in [0.25, 0.3) is 11.2 Å². The van der Waals surface area contributed by atoms with Crippen LogP contribution in [0.5, 0.6) is 0 Å². The standard InChI is InChI=1S/C11H12N6O4/c12-7-5-8(14-2-13-7)17(3-15-5)9-4-6(19)11(1-18,21-9)10(20)16-4/h2-4,6,9,18-19H,1H2,(H,16,20)(H2,12,13,14)/t4-,6?,9+,11+/m0/s1. The van der Waals surface area contributed by atoms with E-state index in [1.165, 1.54) is 12.7 Å². The molecule has 2 saturated heterocycles. The molecule has 10 nitrogen and oxygen atoms in total. The molecule has 4 atom stereocenters. The summed E-state index contributed by atoms with van der Waals surface area (Å²) in [6.45, 7) is -0.614. The van der Waals surface area contributed by atoms with Crippen molar-refractivity contribution in [1.29, 1.82) is 0 Å². The van der Waals surface area contributed by atoms with Crippen LogP contribution in [0, 0.1) is 0 Å². The van der Waals surface area contributed by atoms with Crippen LogP contribution in [-0.4, -0.2) is 60.0 Å². The lowest BCUT2D eigenvalue weighted by atomic mass is 10.00. The molecule has 1 amide bonds. The first-order chi connectivity index (χ1) is 10.1. The fourth-order valence-electron chi connectivity index (χ4n) is 2.90. The lowest BCUT2D eigenvalue weighted by Gasteiger charge is -2.28. The number of fused-ring (bicyclic) bond motifs is 3. The van der Waals surface area contributed by atoms with E-state index in [0.717, 1.165) is 0 Å². The number of carbonyl (C=O) groups is 1. The van der Waals surface area contributed by atoms with E-state index in [1.807, 2.05) is 0 Å². The van der Waals surface area contributed by atoms with Crippen LogP contribution in [0.4, 0.5) is 5.82 Å². The monoisotopic (exact) mass is 292 g/mol. The van der Waals surface area contributed by atoms with Crippen molar-refractivity contribution in [3.63, 3.8) is 0 Å². The van der Waals surface area contributed by atoms with Crippen molar-refractivity contribution in [3.8, 4) is 0 Å². The van der Waals surface area contributed by atoms with E-state index in [2.05, 4.69) is 20.3 Å². The molecule has 5 N–H and O–H groups in total. The van der Waals surface area contributed by atoms with Crippen LogP contribution < -0.4 is 11.1 Å². The van der Waals surface area contributed by atoms with Gasteiger partial charge in [-0.2, -0.15) is 0 Å². The van der Waals surface area contributed by atoms with Crippen molar-refractivity contribution >= 4 is 22.9 Å². The number of aromatic nitrogens is 4. The first-order valence-corrected chi connectivity index (χ1v) is 6.29. The molecule has 110 valence electrons. The van der Waals surface area contributed by atoms with Gasteiger partial charge in [-0.1, -0.05) is 0 Å². The molecule has 2 bridgehead atoms. The zero-order valence-electron chi connectivity index (χ0n) is 10.7. The van der Waals surface area contributed by atoms with E-state index in [1.54, 1.807) is 4.57 Å². The minimum absolute atomic E-state index is 0.225. The van der Waals surface area contributed by atoms with Crippen LogP contribution in [0.2, 0.25) is 0 Å². The molecule has 1 unspecified atom stereocenters. The topological polar surface area (TPSA) is 148 Å². The van der Waals surface area contributed by atoms with Crippen molar-refractivity contribution in [2.45, 2.75) is 24.0 Å². The van der Waals surface area contributed by atoms with E-state index in [0.29, 0.717) is 11.2 Å². The highest BCUT2D eigenvalue weighted by Crippen LogP contribution is 2.42. The van der Waals surface area contributed by atoms with Gasteiger partial charge >= 0.3 is 0 Å². The molecule has 0 radical (unpaired) electrons. The number of ether oxygens (including phenoxy) is 1. The molecule has 21 heavy (non-hydrogen) atoms. The van der Waals surface area contributed by atoms with Crippen molar-refractivity contribution in [3.05, 3.63) is 12.7 Å². The van der Waals surface area contributed by atoms with Crippen LogP contribution in [0.1, 0.15) is 6.23 Å². The average molecular weight is 292 g/mol. The smallest absolute Gasteiger partial charge is 0.258 e. The van der Waals surface area contributed by atoms with Gasteiger partial charge in [0.05, 0.1) is 12.9 Å². The molecule has 2 aromatic rings. The van der Waals surface area contributed by atoms with Crippen molar-refractivity contribution in [1.82, 2.24) is 24.8 Å². The number of carbonyl (C=O) groups excluding carboxylic acids is 1. The second kappa shape index (κ2) is 3.87. The third kappa shape index (κ3) is 1.36. The van der Waals surface area contributed by atoms with E-state index in [-0.39, 0.29) is 5.82 Å². The summed E-state index contributed by atoms with van der Waals surface area (Å²) in [5.74, 6) is -0.305. The molecule has 10 heteroatoms. The third-order valence-corrected chi connectivity index (χ3v) is 4.03. The number of imidazole rings is 1. The Labute approximate surface area is 117 Å². The van der Waals surface area contributed by atoms with Gasteiger partial charge in [-0.25, -0.2) is 15.0 Å². The molecular formula is C11H12N6O4. The molecule has 2 aliphatic rings. The van der Waals surface area contributed by atoms with Gasteiger partial charge in [-0.3, -0.25) is 9.36 Å². The van der Waals surface area contributed by atoms with Crippen molar-refractivity contribution in [2.24, 2.45) is 0 Å². The van der Waals surface area contributed by atoms with E-state index >= 15 is 0 Å². The number of nitrogens with two attached hydrogens (primary N) is 1. The number of rotatable bonds is 2. The zero-order valence-corrected chi connectivity index (χ0v) is 10.7. The molecule has 2 aromatic heterocycles. The quantitative estimate of drug-likeness (QED) is 0.475. The van der Waals surface area contributed by atoms with E-state index in [4.69, 9.17) is 10.5 Å². The first kappa shape index (κ1) is 12.4. The molecule has 0 saturated carbocycles. The normalized spacial score (nSPS) is 34.6. The summed E-state index contributed by atoms with van der Waals surface area (Å²) >= 11 is 0. The number of amides is 1. The number of anilines is 1. The predicted molar refractivity (Wildman–Crippen MR) is 67.6 cm³/mol. The number of nitrogens with zero attached hydrogens (tertiary/aromatic N) is 4. The van der Waals surface area contributed by atoms with Crippen molar-refractivity contribution in [2.75, 3.05) is 12.3 Å². The summed E-state index contributed by atoms with van der Waals surface area (Å²) in [5, 5.41) is 22.2. The number of hydrogen-bond acceptors (Lipinski definition) is 8. The highest BCUT2D eigenvalue weighted by molar-refractivity contribution is 5.90. The van der Waals surface area contributed by atoms with Gasteiger partial charge in [0.25, 0.3) is 5.91 Å². The summed E-state index contributed by atoms with van der Waals surface area (Å²) in [5.41, 5.74) is 4.90. The Hall–Kier alpha value is -2.30. The number of morpholine rings is 1. The fourth-order valence-corrected chi connectivity index (χ4v) is 2.90. The Kier molecular flexibility index (Phi) is 2.29.